The van der Waals surface area contributed by atoms with Crippen molar-refractivity contribution in [1.29, 1.82) is 0 Å². The van der Waals surface area contributed by atoms with Gasteiger partial charge in [-0.3, -0.25) is 0 Å². The van der Waals surface area contributed by atoms with Crippen LogP contribution in [0, 0.1) is 13.8 Å². The number of nitrogens with one attached hydrogen (secondary N) is 1. The molecule has 0 aliphatic rings. The molecule has 0 fully saturated rings. The van der Waals surface area contributed by atoms with Crippen LogP contribution in [0.3, 0.4) is 0 Å². The van der Waals surface area contributed by atoms with Crippen LogP contribution < -0.4 is 10.5 Å². The highest BCUT2D eigenvalue weighted by Gasteiger charge is 2.32. The molecular formula is C12H17F3N2O2S. The lowest BCUT2D eigenvalue weighted by Gasteiger charge is -2.18. The average Bonchev–Trinajstić information content (AvgIpc) is 2.19. The van der Waals surface area contributed by atoms with Crippen LogP contribution in [-0.2, 0) is 10.0 Å². The van der Waals surface area contributed by atoms with Gasteiger partial charge in [-0.2, -0.15) is 13.2 Å². The van der Waals surface area contributed by atoms with Crippen LogP contribution >= 0.6 is 0 Å². The van der Waals surface area contributed by atoms with Crippen LogP contribution in [0.15, 0.2) is 17.0 Å². The van der Waals surface area contributed by atoms with Crippen molar-refractivity contribution >= 4 is 15.7 Å². The van der Waals surface area contributed by atoms with Gasteiger partial charge in [0.1, 0.15) is 4.90 Å². The molecule has 4 nitrogen and oxygen atoms in total. The van der Waals surface area contributed by atoms with Gasteiger partial charge in [0.15, 0.2) is 0 Å². The molecule has 0 aliphatic carbocycles. The number of hydrogen-bond acceptors (Lipinski definition) is 3. The fourth-order valence-corrected chi connectivity index (χ4v) is 3.55. The van der Waals surface area contributed by atoms with Gasteiger partial charge in [0.05, 0.1) is 12.1 Å². The van der Waals surface area contributed by atoms with Gasteiger partial charge in [0.25, 0.3) is 0 Å². The Balaban J connectivity index is 3.10. The summed E-state index contributed by atoms with van der Waals surface area (Å²) in [6.07, 6.45) is -5.67. The van der Waals surface area contributed by atoms with Crippen LogP contribution in [0.25, 0.3) is 0 Å². The largest absolute Gasteiger partial charge is 0.398 e. The molecule has 0 heterocycles. The highest BCUT2D eigenvalue weighted by molar-refractivity contribution is 7.89. The fourth-order valence-electron chi connectivity index (χ4n) is 1.88. The third-order valence-corrected chi connectivity index (χ3v) is 4.66. The molecule has 0 spiro atoms. The van der Waals surface area contributed by atoms with E-state index in [0.717, 1.165) is 6.92 Å². The lowest BCUT2D eigenvalue weighted by atomic mass is 10.1. The van der Waals surface area contributed by atoms with Crippen LogP contribution in [0.1, 0.15) is 24.5 Å². The standard InChI is InChI=1S/C12H17F3N2O2S/c1-7-4-5-10(16)11(9(7)3)20(18,19)17-8(2)6-12(13,14)15/h4-5,8,17H,6,16H2,1-3H3. The maximum atomic E-state index is 12.2. The monoisotopic (exact) mass is 310 g/mol. The molecule has 0 aliphatic heterocycles. The summed E-state index contributed by atoms with van der Waals surface area (Å²) in [5.41, 5.74) is 6.78. The van der Waals surface area contributed by atoms with Crippen LogP contribution in [0.2, 0.25) is 0 Å². The van der Waals surface area contributed by atoms with E-state index in [2.05, 4.69) is 0 Å². The number of nitrogen functional groups attached to an aromatic ring is 1. The first-order valence-corrected chi connectivity index (χ1v) is 7.37. The Morgan fingerprint density at radius 3 is 2.35 bits per heavy atom. The molecule has 0 bridgehead atoms. The Morgan fingerprint density at radius 2 is 1.85 bits per heavy atom. The maximum absolute atomic E-state index is 12.2. The van der Waals surface area contributed by atoms with E-state index < -0.39 is 28.7 Å². The fraction of sp³-hybridized carbons (Fsp3) is 0.500. The second kappa shape index (κ2) is 5.61. The Morgan fingerprint density at radius 1 is 1.30 bits per heavy atom. The number of rotatable bonds is 4. The summed E-state index contributed by atoms with van der Waals surface area (Å²) in [6, 6.07) is 1.81. The van der Waals surface area contributed by atoms with E-state index >= 15 is 0 Å². The SMILES string of the molecule is Cc1ccc(N)c(S(=O)(=O)NC(C)CC(F)(F)F)c1C. The zero-order valence-electron chi connectivity index (χ0n) is 11.4. The molecule has 20 heavy (non-hydrogen) atoms. The summed E-state index contributed by atoms with van der Waals surface area (Å²) >= 11 is 0. The van der Waals surface area contributed by atoms with Gasteiger partial charge in [0.2, 0.25) is 10.0 Å². The summed E-state index contributed by atoms with van der Waals surface area (Å²) in [5.74, 6) is 0. The zero-order valence-corrected chi connectivity index (χ0v) is 12.2. The van der Waals surface area contributed by atoms with Crippen molar-refractivity contribution in [2.75, 3.05) is 5.73 Å². The van der Waals surface area contributed by atoms with Gasteiger partial charge in [-0.1, -0.05) is 6.07 Å². The van der Waals surface area contributed by atoms with E-state index in [4.69, 9.17) is 5.73 Å². The molecule has 114 valence electrons. The van der Waals surface area contributed by atoms with Gasteiger partial charge in [-0.15, -0.1) is 0 Å². The molecule has 8 heteroatoms. The predicted octanol–water partition coefficient (Wildman–Crippen LogP) is 2.50. The second-order valence-corrected chi connectivity index (χ2v) is 6.42. The summed E-state index contributed by atoms with van der Waals surface area (Å²) in [7, 11) is -4.09. The lowest BCUT2D eigenvalue weighted by Crippen LogP contribution is -2.36. The Labute approximate surface area is 116 Å². The summed E-state index contributed by atoms with van der Waals surface area (Å²) in [5, 5.41) is 0. The second-order valence-electron chi connectivity index (χ2n) is 4.77. The molecule has 3 N–H and O–H groups in total. The van der Waals surface area contributed by atoms with E-state index in [0.29, 0.717) is 11.1 Å². The first-order chi connectivity index (χ1) is 8.94. The minimum Gasteiger partial charge on any atom is -0.398 e. The minimum absolute atomic E-state index is 0.0137. The molecule has 1 aromatic carbocycles. The third kappa shape index (κ3) is 4.11. The molecule has 0 saturated carbocycles. The van der Waals surface area contributed by atoms with E-state index in [1.807, 2.05) is 4.72 Å². The molecule has 1 aromatic rings. The van der Waals surface area contributed by atoms with Gasteiger partial charge in [-0.05, 0) is 38.0 Å². The van der Waals surface area contributed by atoms with E-state index in [1.54, 1.807) is 19.9 Å². The number of aryl methyl sites for hydroxylation is 1. The Kier molecular flexibility index (Phi) is 4.70. The van der Waals surface area contributed by atoms with Gasteiger partial charge in [-0.25, -0.2) is 13.1 Å². The summed E-state index contributed by atoms with van der Waals surface area (Å²) < 4.78 is 63.1. The molecule has 1 rings (SSSR count). The molecule has 1 unspecified atom stereocenters. The Bertz CT molecular complexity index is 597. The lowest BCUT2D eigenvalue weighted by molar-refractivity contribution is -0.137. The highest BCUT2D eigenvalue weighted by Crippen LogP contribution is 2.27. The molecule has 0 aromatic heterocycles. The van der Waals surface area contributed by atoms with E-state index in [-0.39, 0.29) is 10.6 Å². The number of sulfonamides is 1. The number of benzene rings is 1. The zero-order chi connectivity index (χ0) is 15.7. The number of nitrogens with two attached hydrogens (primary N) is 1. The van der Waals surface area contributed by atoms with Crippen LogP contribution in [0.5, 0.6) is 0 Å². The van der Waals surface area contributed by atoms with Crippen LogP contribution in [0.4, 0.5) is 18.9 Å². The van der Waals surface area contributed by atoms with Gasteiger partial charge in [0, 0.05) is 6.04 Å². The molecule has 0 radical (unpaired) electrons. The Hall–Kier alpha value is -1.28. The smallest absolute Gasteiger partial charge is 0.390 e. The summed E-state index contributed by atoms with van der Waals surface area (Å²) in [4.78, 5) is -0.161. The maximum Gasteiger partial charge on any atom is 0.390 e. The highest BCUT2D eigenvalue weighted by atomic mass is 32.2. The minimum atomic E-state index is -4.44. The predicted molar refractivity (Wildman–Crippen MR) is 70.8 cm³/mol. The molecular weight excluding hydrogens is 293 g/mol. The van der Waals surface area contributed by atoms with Crippen molar-refractivity contribution in [2.45, 2.75) is 44.3 Å². The van der Waals surface area contributed by atoms with Gasteiger partial charge < -0.3 is 5.73 Å². The van der Waals surface area contributed by atoms with Crippen molar-refractivity contribution in [1.82, 2.24) is 4.72 Å². The van der Waals surface area contributed by atoms with Gasteiger partial charge >= 0.3 is 6.18 Å². The molecule has 0 saturated heterocycles. The van der Waals surface area contributed by atoms with Crippen molar-refractivity contribution < 1.29 is 21.6 Å². The first kappa shape index (κ1) is 16.8. The van der Waals surface area contributed by atoms with Crippen molar-refractivity contribution in [3.63, 3.8) is 0 Å². The van der Waals surface area contributed by atoms with Crippen molar-refractivity contribution in [3.05, 3.63) is 23.3 Å². The van der Waals surface area contributed by atoms with Crippen molar-refractivity contribution in [3.8, 4) is 0 Å². The molecule has 1 atom stereocenters. The number of alkyl halides is 3. The number of hydrogen-bond donors (Lipinski definition) is 2. The van der Waals surface area contributed by atoms with E-state index in [1.165, 1.54) is 6.07 Å². The quantitative estimate of drug-likeness (QED) is 0.839. The normalized spacial score (nSPS) is 14.3. The average molecular weight is 310 g/mol. The number of halogens is 3. The number of anilines is 1. The summed E-state index contributed by atoms with van der Waals surface area (Å²) in [6.45, 7) is 4.42. The first-order valence-electron chi connectivity index (χ1n) is 5.89. The topological polar surface area (TPSA) is 72.2 Å². The third-order valence-electron chi connectivity index (χ3n) is 2.87. The van der Waals surface area contributed by atoms with E-state index in [9.17, 15) is 21.6 Å². The van der Waals surface area contributed by atoms with Crippen LogP contribution in [-0.4, -0.2) is 20.6 Å². The van der Waals surface area contributed by atoms with Crippen molar-refractivity contribution in [2.24, 2.45) is 0 Å². The molecule has 0 amide bonds.